The molecule has 0 unspecified atom stereocenters. The summed E-state index contributed by atoms with van der Waals surface area (Å²) in [5.41, 5.74) is 6.39. The molecule has 0 aliphatic rings. The van der Waals surface area contributed by atoms with Crippen LogP contribution in [-0.4, -0.2) is 16.4 Å². The first-order valence-electron chi connectivity index (χ1n) is 4.51. The van der Waals surface area contributed by atoms with Gasteiger partial charge in [-0.1, -0.05) is 17.3 Å². The molecule has 0 bridgehead atoms. The molecule has 2 aromatic rings. The second-order valence-electron chi connectivity index (χ2n) is 2.92. The first-order valence-corrected chi connectivity index (χ1v) is 5.73. The fraction of sp³-hybridized carbons (Fsp3) is 0.200. The number of nitrogens with two attached hydrogens (primary N) is 1. The third-order valence-corrected chi connectivity index (χ3v) is 2.79. The first-order chi connectivity index (χ1) is 7.35. The summed E-state index contributed by atoms with van der Waals surface area (Å²) in [6.45, 7) is 0.272. The van der Waals surface area contributed by atoms with Gasteiger partial charge in [0.25, 0.3) is 0 Å². The van der Waals surface area contributed by atoms with Crippen LogP contribution in [0.1, 0.15) is 5.89 Å². The van der Waals surface area contributed by atoms with Crippen LogP contribution < -0.4 is 5.73 Å². The minimum atomic E-state index is 0.272. The lowest BCUT2D eigenvalue weighted by atomic mass is 10.2. The van der Waals surface area contributed by atoms with E-state index in [-0.39, 0.29) is 6.54 Å². The Morgan fingerprint density at radius 1 is 1.40 bits per heavy atom. The first kappa shape index (κ1) is 10.2. The van der Waals surface area contributed by atoms with Gasteiger partial charge in [0.2, 0.25) is 11.7 Å². The van der Waals surface area contributed by atoms with Crippen molar-refractivity contribution < 1.29 is 4.52 Å². The maximum atomic E-state index is 5.41. The van der Waals surface area contributed by atoms with Crippen molar-refractivity contribution in [3.63, 3.8) is 0 Å². The van der Waals surface area contributed by atoms with Gasteiger partial charge in [0.1, 0.15) is 0 Å². The van der Waals surface area contributed by atoms with Crippen molar-refractivity contribution >= 4 is 11.8 Å². The number of hydrogen-bond donors (Lipinski definition) is 1. The quantitative estimate of drug-likeness (QED) is 0.802. The SMILES string of the molecule is CSc1ccccc1-c1noc(CN)n1. The summed E-state index contributed by atoms with van der Waals surface area (Å²) in [6.07, 6.45) is 2.02. The summed E-state index contributed by atoms with van der Waals surface area (Å²) < 4.78 is 4.97. The van der Waals surface area contributed by atoms with Crippen LogP contribution in [0.3, 0.4) is 0 Å². The van der Waals surface area contributed by atoms with Crippen LogP contribution in [0.4, 0.5) is 0 Å². The van der Waals surface area contributed by atoms with Crippen LogP contribution in [-0.2, 0) is 6.54 Å². The average molecular weight is 221 g/mol. The molecule has 0 saturated heterocycles. The van der Waals surface area contributed by atoms with Gasteiger partial charge < -0.3 is 10.3 Å². The van der Waals surface area contributed by atoms with Crippen molar-refractivity contribution in [3.05, 3.63) is 30.2 Å². The molecule has 0 aliphatic heterocycles. The highest BCUT2D eigenvalue weighted by Gasteiger charge is 2.10. The topological polar surface area (TPSA) is 64.9 Å². The van der Waals surface area contributed by atoms with Crippen molar-refractivity contribution in [3.8, 4) is 11.4 Å². The summed E-state index contributed by atoms with van der Waals surface area (Å²) in [6, 6.07) is 7.93. The fourth-order valence-corrected chi connectivity index (χ4v) is 1.87. The van der Waals surface area contributed by atoms with E-state index >= 15 is 0 Å². The Balaban J connectivity index is 2.44. The molecule has 15 heavy (non-hydrogen) atoms. The Hall–Kier alpha value is -1.33. The van der Waals surface area contributed by atoms with E-state index in [1.807, 2.05) is 30.5 Å². The number of hydrogen-bond acceptors (Lipinski definition) is 5. The smallest absolute Gasteiger partial charge is 0.240 e. The van der Waals surface area contributed by atoms with Gasteiger partial charge in [-0.25, -0.2) is 0 Å². The molecule has 1 aromatic carbocycles. The predicted octanol–water partition coefficient (Wildman–Crippen LogP) is 1.92. The number of rotatable bonds is 3. The normalized spacial score (nSPS) is 10.5. The number of benzene rings is 1. The van der Waals surface area contributed by atoms with E-state index in [2.05, 4.69) is 10.1 Å². The van der Waals surface area contributed by atoms with Gasteiger partial charge in [0.05, 0.1) is 6.54 Å². The second kappa shape index (κ2) is 4.46. The van der Waals surface area contributed by atoms with Gasteiger partial charge >= 0.3 is 0 Å². The van der Waals surface area contributed by atoms with Gasteiger partial charge in [-0.3, -0.25) is 0 Å². The highest BCUT2D eigenvalue weighted by atomic mass is 32.2. The Labute approximate surface area is 91.9 Å². The van der Waals surface area contributed by atoms with E-state index in [0.29, 0.717) is 11.7 Å². The van der Waals surface area contributed by atoms with Crippen LogP contribution in [0.25, 0.3) is 11.4 Å². The van der Waals surface area contributed by atoms with Crippen molar-refractivity contribution in [1.29, 1.82) is 0 Å². The monoisotopic (exact) mass is 221 g/mol. The lowest BCUT2D eigenvalue weighted by Gasteiger charge is -2.00. The summed E-state index contributed by atoms with van der Waals surface area (Å²) in [5, 5.41) is 3.89. The predicted molar refractivity (Wildman–Crippen MR) is 59.4 cm³/mol. The Bertz CT molecular complexity index is 455. The Morgan fingerprint density at radius 2 is 2.20 bits per heavy atom. The Morgan fingerprint density at radius 3 is 2.87 bits per heavy atom. The summed E-state index contributed by atoms with van der Waals surface area (Å²) in [7, 11) is 0. The Kier molecular flexibility index (Phi) is 3.03. The molecular formula is C10H11N3OS. The molecule has 4 nitrogen and oxygen atoms in total. The number of nitrogens with zero attached hydrogens (tertiary/aromatic N) is 2. The zero-order valence-electron chi connectivity index (χ0n) is 8.30. The number of thioether (sulfide) groups is 1. The van der Waals surface area contributed by atoms with E-state index in [0.717, 1.165) is 10.5 Å². The van der Waals surface area contributed by atoms with E-state index in [1.54, 1.807) is 11.8 Å². The molecule has 2 N–H and O–H groups in total. The molecule has 1 aromatic heterocycles. The largest absolute Gasteiger partial charge is 0.338 e. The summed E-state index contributed by atoms with van der Waals surface area (Å²) in [5.74, 6) is 1.06. The molecule has 2 rings (SSSR count). The molecule has 0 fully saturated rings. The third kappa shape index (κ3) is 2.03. The zero-order chi connectivity index (χ0) is 10.7. The summed E-state index contributed by atoms with van der Waals surface area (Å²) in [4.78, 5) is 5.32. The van der Waals surface area contributed by atoms with Crippen LogP contribution in [0.15, 0.2) is 33.7 Å². The summed E-state index contributed by atoms with van der Waals surface area (Å²) >= 11 is 1.65. The van der Waals surface area contributed by atoms with Crippen LogP contribution in [0.2, 0.25) is 0 Å². The van der Waals surface area contributed by atoms with Crippen LogP contribution in [0.5, 0.6) is 0 Å². The maximum absolute atomic E-state index is 5.41. The molecular weight excluding hydrogens is 210 g/mol. The van der Waals surface area contributed by atoms with Crippen molar-refractivity contribution in [2.45, 2.75) is 11.4 Å². The van der Waals surface area contributed by atoms with Crippen molar-refractivity contribution in [2.24, 2.45) is 5.73 Å². The lowest BCUT2D eigenvalue weighted by Crippen LogP contribution is -1.95. The second-order valence-corrected chi connectivity index (χ2v) is 3.76. The third-order valence-electron chi connectivity index (χ3n) is 1.99. The van der Waals surface area contributed by atoms with Gasteiger partial charge in [-0.05, 0) is 18.4 Å². The molecule has 0 amide bonds. The molecule has 0 aliphatic carbocycles. The molecule has 1 heterocycles. The van der Waals surface area contributed by atoms with Crippen LogP contribution >= 0.6 is 11.8 Å². The van der Waals surface area contributed by atoms with Gasteiger partial charge in [-0.2, -0.15) is 4.98 Å². The molecule has 0 radical (unpaired) electrons. The van der Waals surface area contributed by atoms with Crippen molar-refractivity contribution in [1.82, 2.24) is 10.1 Å². The zero-order valence-corrected chi connectivity index (χ0v) is 9.12. The standard InChI is InChI=1S/C10H11N3OS/c1-15-8-5-3-2-4-7(8)10-12-9(6-11)14-13-10/h2-5H,6,11H2,1H3. The van der Waals surface area contributed by atoms with E-state index in [1.165, 1.54) is 0 Å². The fourth-order valence-electron chi connectivity index (χ4n) is 1.28. The number of aromatic nitrogens is 2. The molecule has 0 atom stereocenters. The van der Waals surface area contributed by atoms with E-state index in [9.17, 15) is 0 Å². The van der Waals surface area contributed by atoms with Gasteiger partial charge in [-0.15, -0.1) is 11.8 Å². The molecule has 0 spiro atoms. The van der Waals surface area contributed by atoms with Crippen LogP contribution in [0, 0.1) is 0 Å². The lowest BCUT2D eigenvalue weighted by molar-refractivity contribution is 0.380. The minimum Gasteiger partial charge on any atom is -0.338 e. The molecule has 0 saturated carbocycles. The highest BCUT2D eigenvalue weighted by Crippen LogP contribution is 2.27. The van der Waals surface area contributed by atoms with E-state index in [4.69, 9.17) is 10.3 Å². The average Bonchev–Trinajstić information content (AvgIpc) is 2.77. The van der Waals surface area contributed by atoms with Gasteiger partial charge in [0, 0.05) is 10.5 Å². The highest BCUT2D eigenvalue weighted by molar-refractivity contribution is 7.98. The molecule has 78 valence electrons. The molecule has 5 heteroatoms. The maximum Gasteiger partial charge on any atom is 0.240 e. The van der Waals surface area contributed by atoms with Gasteiger partial charge in [0.15, 0.2) is 0 Å². The minimum absolute atomic E-state index is 0.272. The van der Waals surface area contributed by atoms with E-state index < -0.39 is 0 Å². The van der Waals surface area contributed by atoms with Crippen molar-refractivity contribution in [2.75, 3.05) is 6.26 Å².